The number of aryl methyl sites for hydroxylation is 2. The van der Waals surface area contributed by atoms with E-state index in [0.29, 0.717) is 12.1 Å². The molecular weight excluding hydrogens is 408 g/mol. The van der Waals surface area contributed by atoms with Crippen molar-refractivity contribution in [2.45, 2.75) is 57.5 Å². The summed E-state index contributed by atoms with van der Waals surface area (Å²) in [6.45, 7) is 2.17. The van der Waals surface area contributed by atoms with Crippen LogP contribution in [0.3, 0.4) is 0 Å². The number of halogens is 2. The Bertz CT molecular complexity index is 846. The van der Waals surface area contributed by atoms with Gasteiger partial charge in [0.15, 0.2) is 0 Å². The van der Waals surface area contributed by atoms with Gasteiger partial charge in [-0.15, -0.1) is 0 Å². The quantitative estimate of drug-likeness (QED) is 0.644. The lowest BCUT2D eigenvalue weighted by atomic mass is 9.92. The van der Waals surface area contributed by atoms with E-state index >= 15 is 0 Å². The van der Waals surface area contributed by atoms with Crippen molar-refractivity contribution in [1.82, 2.24) is 5.32 Å². The van der Waals surface area contributed by atoms with E-state index in [-0.39, 0.29) is 0 Å². The molecule has 0 amide bonds. The summed E-state index contributed by atoms with van der Waals surface area (Å²) < 4.78 is 1.13. The van der Waals surface area contributed by atoms with Crippen LogP contribution in [0.15, 0.2) is 45.9 Å². The average molecular weight is 432 g/mol. The van der Waals surface area contributed by atoms with Crippen LogP contribution in [0.1, 0.15) is 47.9 Å². The summed E-state index contributed by atoms with van der Waals surface area (Å²) in [6, 6.07) is 13.6. The van der Waals surface area contributed by atoms with Crippen molar-refractivity contribution in [3.63, 3.8) is 0 Å². The van der Waals surface area contributed by atoms with Gasteiger partial charge in [-0.05, 0) is 67.5 Å². The number of aliphatic imine (C=N–C) groups is 1. The number of hydrogen-bond acceptors (Lipinski definition) is 2. The van der Waals surface area contributed by atoms with Crippen molar-refractivity contribution in [1.29, 1.82) is 0 Å². The maximum absolute atomic E-state index is 6.61. The Morgan fingerprint density at radius 2 is 2.00 bits per heavy atom. The molecule has 0 unspecified atom stereocenters. The minimum atomic E-state index is 0.443. The fourth-order valence-electron chi connectivity index (χ4n) is 4.16. The molecule has 2 atom stereocenters. The van der Waals surface area contributed by atoms with Crippen LogP contribution in [-0.2, 0) is 12.8 Å². The van der Waals surface area contributed by atoms with Crippen molar-refractivity contribution in [2.75, 3.05) is 0 Å². The maximum Gasteiger partial charge on any atom is 0.129 e. The van der Waals surface area contributed by atoms with E-state index in [1.165, 1.54) is 47.9 Å². The predicted octanol–water partition coefficient (Wildman–Crippen LogP) is 5.86. The molecule has 26 heavy (non-hydrogen) atoms. The first-order chi connectivity index (χ1) is 12.6. The highest BCUT2D eigenvalue weighted by Gasteiger charge is 2.32. The van der Waals surface area contributed by atoms with Crippen LogP contribution in [0.2, 0.25) is 5.02 Å². The Hall–Kier alpha value is -1.32. The van der Waals surface area contributed by atoms with Crippen LogP contribution in [0, 0.1) is 6.92 Å². The van der Waals surface area contributed by atoms with E-state index < -0.39 is 0 Å². The number of hydrogen-bond donors (Lipinski definition) is 1. The molecule has 1 N–H and O–H groups in total. The van der Waals surface area contributed by atoms with Gasteiger partial charge < -0.3 is 5.32 Å². The summed E-state index contributed by atoms with van der Waals surface area (Å²) in [5.41, 5.74) is 5.07. The van der Waals surface area contributed by atoms with Crippen LogP contribution in [0.5, 0.6) is 0 Å². The molecule has 1 fully saturated rings. The minimum Gasteiger partial charge on any atom is -0.365 e. The minimum absolute atomic E-state index is 0.443. The van der Waals surface area contributed by atoms with E-state index in [4.69, 9.17) is 16.6 Å². The van der Waals surface area contributed by atoms with Crippen LogP contribution in [-0.4, -0.2) is 17.9 Å². The SMILES string of the molecule is Cc1ccc(Br)cc1CCc1c(Cl)cccc1C1=N[C@H]2CCCC[C@@H]2N1. The number of rotatable bonds is 4. The topological polar surface area (TPSA) is 24.4 Å². The monoisotopic (exact) mass is 430 g/mol. The highest BCUT2D eigenvalue weighted by Crippen LogP contribution is 2.29. The molecule has 1 heterocycles. The van der Waals surface area contributed by atoms with Gasteiger partial charge in [0.1, 0.15) is 5.84 Å². The molecule has 1 saturated carbocycles. The highest BCUT2D eigenvalue weighted by atomic mass is 79.9. The molecule has 2 aliphatic rings. The van der Waals surface area contributed by atoms with Crippen molar-refractivity contribution < 1.29 is 0 Å². The van der Waals surface area contributed by atoms with Gasteiger partial charge in [0, 0.05) is 21.1 Å². The summed E-state index contributed by atoms with van der Waals surface area (Å²) in [5, 5.41) is 4.52. The second kappa shape index (κ2) is 7.74. The van der Waals surface area contributed by atoms with Gasteiger partial charge in [-0.25, -0.2) is 0 Å². The summed E-state index contributed by atoms with van der Waals surface area (Å²) in [4.78, 5) is 5.01. The molecule has 0 saturated heterocycles. The first-order valence-electron chi connectivity index (χ1n) is 9.49. The third kappa shape index (κ3) is 3.70. The number of nitrogens with zero attached hydrogens (tertiary/aromatic N) is 1. The molecule has 1 aliphatic carbocycles. The summed E-state index contributed by atoms with van der Waals surface area (Å²) in [6.07, 6.45) is 6.93. The van der Waals surface area contributed by atoms with Crippen LogP contribution in [0.25, 0.3) is 0 Å². The van der Waals surface area contributed by atoms with E-state index in [1.54, 1.807) is 0 Å². The smallest absolute Gasteiger partial charge is 0.129 e. The molecule has 2 nitrogen and oxygen atoms in total. The fraction of sp³-hybridized carbons (Fsp3) is 0.409. The molecule has 1 aliphatic heterocycles. The molecule has 2 aromatic rings. The normalized spacial score (nSPS) is 21.9. The number of nitrogens with one attached hydrogen (secondary N) is 1. The van der Waals surface area contributed by atoms with Crippen LogP contribution in [0.4, 0.5) is 0 Å². The second-order valence-corrected chi connectivity index (χ2v) is 8.74. The van der Waals surface area contributed by atoms with E-state index in [9.17, 15) is 0 Å². The zero-order chi connectivity index (χ0) is 18.1. The van der Waals surface area contributed by atoms with Crippen molar-refractivity contribution in [3.8, 4) is 0 Å². The van der Waals surface area contributed by atoms with E-state index in [1.807, 2.05) is 12.1 Å². The molecular formula is C22H24BrClN2. The fourth-order valence-corrected chi connectivity index (χ4v) is 4.84. The molecule has 4 heteroatoms. The third-order valence-electron chi connectivity index (χ3n) is 5.68. The van der Waals surface area contributed by atoms with Crippen LogP contribution < -0.4 is 5.32 Å². The first kappa shape index (κ1) is 18.1. The number of amidine groups is 1. The van der Waals surface area contributed by atoms with E-state index in [0.717, 1.165) is 28.2 Å². The van der Waals surface area contributed by atoms with Crippen molar-refractivity contribution in [3.05, 3.63) is 68.1 Å². The van der Waals surface area contributed by atoms with Gasteiger partial charge in [-0.2, -0.15) is 0 Å². The van der Waals surface area contributed by atoms with Crippen LogP contribution >= 0.6 is 27.5 Å². The van der Waals surface area contributed by atoms with Crippen molar-refractivity contribution in [2.24, 2.45) is 4.99 Å². The van der Waals surface area contributed by atoms with Gasteiger partial charge in [0.2, 0.25) is 0 Å². The Morgan fingerprint density at radius 3 is 2.85 bits per heavy atom. The lowest BCUT2D eigenvalue weighted by Gasteiger charge is -2.23. The summed E-state index contributed by atoms with van der Waals surface area (Å²) in [5.74, 6) is 1.05. The molecule has 0 aromatic heterocycles. The lowest BCUT2D eigenvalue weighted by Crippen LogP contribution is -2.37. The Morgan fingerprint density at radius 1 is 1.15 bits per heavy atom. The predicted molar refractivity (Wildman–Crippen MR) is 113 cm³/mol. The molecule has 0 bridgehead atoms. The highest BCUT2D eigenvalue weighted by molar-refractivity contribution is 9.10. The Balaban J connectivity index is 1.60. The van der Waals surface area contributed by atoms with Gasteiger partial charge in [0.05, 0.1) is 6.04 Å². The standard InChI is InChI=1S/C22H24BrClN2/c1-14-9-11-16(23)13-15(14)10-12-17-18(5-4-6-19(17)24)22-25-20-7-2-3-8-21(20)26-22/h4-6,9,11,13,20-21H,2-3,7-8,10,12H2,1H3,(H,25,26)/t20-,21-/m0/s1. The largest absolute Gasteiger partial charge is 0.365 e. The maximum atomic E-state index is 6.61. The first-order valence-corrected chi connectivity index (χ1v) is 10.7. The van der Waals surface area contributed by atoms with Gasteiger partial charge >= 0.3 is 0 Å². The van der Waals surface area contributed by atoms with Crippen molar-refractivity contribution >= 4 is 33.4 Å². The molecule has 2 aromatic carbocycles. The second-order valence-electron chi connectivity index (χ2n) is 7.42. The summed E-state index contributed by atoms with van der Waals surface area (Å²) in [7, 11) is 0. The Labute approximate surface area is 169 Å². The molecule has 0 spiro atoms. The molecule has 4 rings (SSSR count). The zero-order valence-electron chi connectivity index (χ0n) is 15.1. The zero-order valence-corrected chi connectivity index (χ0v) is 17.4. The molecule has 0 radical (unpaired) electrons. The lowest BCUT2D eigenvalue weighted by molar-refractivity contribution is 0.385. The van der Waals surface area contributed by atoms with Gasteiger partial charge in [0.25, 0.3) is 0 Å². The Kier molecular flexibility index (Phi) is 5.37. The van der Waals surface area contributed by atoms with Gasteiger partial charge in [-0.1, -0.05) is 58.6 Å². The van der Waals surface area contributed by atoms with Gasteiger partial charge in [-0.3, -0.25) is 4.99 Å². The number of fused-ring (bicyclic) bond motifs is 1. The third-order valence-corrected chi connectivity index (χ3v) is 6.52. The average Bonchev–Trinajstić information content (AvgIpc) is 3.07. The summed E-state index contributed by atoms with van der Waals surface area (Å²) >= 11 is 10.2. The molecule has 136 valence electrons. The number of benzene rings is 2. The van der Waals surface area contributed by atoms with E-state index in [2.05, 4.69) is 52.4 Å².